The Bertz CT molecular complexity index is 585. The van der Waals surface area contributed by atoms with Crippen molar-refractivity contribution in [1.29, 1.82) is 0 Å². The van der Waals surface area contributed by atoms with Crippen molar-refractivity contribution in [3.63, 3.8) is 0 Å². The fraction of sp³-hybridized carbons (Fsp3) is 0.211. The van der Waals surface area contributed by atoms with Crippen molar-refractivity contribution in [2.75, 3.05) is 5.32 Å². The Morgan fingerprint density at radius 2 is 1.71 bits per heavy atom. The summed E-state index contributed by atoms with van der Waals surface area (Å²) in [7, 11) is 0. The van der Waals surface area contributed by atoms with Crippen molar-refractivity contribution in [2.24, 2.45) is 0 Å². The average molecular weight is 279 g/mol. The van der Waals surface area contributed by atoms with Crippen molar-refractivity contribution in [3.05, 3.63) is 77.9 Å². The van der Waals surface area contributed by atoms with E-state index in [1.54, 1.807) is 0 Å². The SMILES string of the molecule is CCCC=CCc1ccc(NC(=O)c2ccccc2)cc1. The Hall–Kier alpha value is -2.35. The molecule has 0 atom stereocenters. The lowest BCUT2D eigenvalue weighted by atomic mass is 10.1. The lowest BCUT2D eigenvalue weighted by Crippen LogP contribution is -2.11. The second kappa shape index (κ2) is 8.05. The van der Waals surface area contributed by atoms with E-state index in [4.69, 9.17) is 0 Å². The molecular formula is C19H21NO. The van der Waals surface area contributed by atoms with Gasteiger partial charge in [-0.15, -0.1) is 0 Å². The van der Waals surface area contributed by atoms with Gasteiger partial charge in [0.1, 0.15) is 0 Å². The lowest BCUT2D eigenvalue weighted by molar-refractivity contribution is 0.102. The van der Waals surface area contributed by atoms with E-state index in [2.05, 4.69) is 36.5 Å². The molecule has 2 nitrogen and oxygen atoms in total. The van der Waals surface area contributed by atoms with Crippen LogP contribution in [0.1, 0.15) is 35.7 Å². The van der Waals surface area contributed by atoms with Gasteiger partial charge in [0.25, 0.3) is 5.91 Å². The van der Waals surface area contributed by atoms with Gasteiger partial charge in [-0.05, 0) is 42.7 Å². The number of amides is 1. The van der Waals surface area contributed by atoms with Gasteiger partial charge in [-0.3, -0.25) is 4.79 Å². The molecule has 0 bridgehead atoms. The van der Waals surface area contributed by atoms with E-state index in [-0.39, 0.29) is 5.91 Å². The first kappa shape index (κ1) is 15.0. The van der Waals surface area contributed by atoms with Crippen LogP contribution >= 0.6 is 0 Å². The molecule has 0 saturated carbocycles. The molecule has 2 rings (SSSR count). The molecule has 1 N–H and O–H groups in total. The Labute approximate surface area is 126 Å². The smallest absolute Gasteiger partial charge is 0.255 e. The van der Waals surface area contributed by atoms with Crippen molar-refractivity contribution in [3.8, 4) is 0 Å². The van der Waals surface area contributed by atoms with Gasteiger partial charge in [-0.2, -0.15) is 0 Å². The third-order valence-electron chi connectivity index (χ3n) is 3.22. The van der Waals surface area contributed by atoms with Gasteiger partial charge < -0.3 is 5.32 Å². The van der Waals surface area contributed by atoms with Crippen LogP contribution in [0.4, 0.5) is 5.69 Å². The first-order valence-corrected chi connectivity index (χ1v) is 7.40. The highest BCUT2D eigenvalue weighted by Crippen LogP contribution is 2.12. The number of rotatable bonds is 6. The van der Waals surface area contributed by atoms with Crippen LogP contribution in [0.5, 0.6) is 0 Å². The van der Waals surface area contributed by atoms with Crippen LogP contribution in [-0.2, 0) is 6.42 Å². The third-order valence-corrected chi connectivity index (χ3v) is 3.22. The standard InChI is InChI=1S/C19H21NO/c1-2-3-4-6-9-16-12-14-18(15-13-16)20-19(21)17-10-7-5-8-11-17/h4-8,10-15H,2-3,9H2,1H3,(H,20,21). The van der Waals surface area contributed by atoms with Crippen LogP contribution in [0.3, 0.4) is 0 Å². The summed E-state index contributed by atoms with van der Waals surface area (Å²) in [5.74, 6) is -0.0776. The van der Waals surface area contributed by atoms with Gasteiger partial charge in [0.05, 0.1) is 0 Å². The summed E-state index contributed by atoms with van der Waals surface area (Å²) in [4.78, 5) is 12.0. The van der Waals surface area contributed by atoms with E-state index < -0.39 is 0 Å². The number of carbonyl (C=O) groups excluding carboxylic acids is 1. The number of nitrogens with one attached hydrogen (secondary N) is 1. The summed E-state index contributed by atoms with van der Waals surface area (Å²) in [6, 6.07) is 17.2. The summed E-state index contributed by atoms with van der Waals surface area (Å²) in [5, 5.41) is 2.90. The summed E-state index contributed by atoms with van der Waals surface area (Å²) in [6.45, 7) is 2.18. The van der Waals surface area contributed by atoms with Crippen molar-refractivity contribution < 1.29 is 4.79 Å². The minimum Gasteiger partial charge on any atom is -0.322 e. The predicted octanol–water partition coefficient (Wildman–Crippen LogP) is 4.84. The predicted molar refractivity (Wildman–Crippen MR) is 88.6 cm³/mol. The number of hydrogen-bond acceptors (Lipinski definition) is 1. The number of unbranched alkanes of at least 4 members (excludes halogenated alkanes) is 1. The maximum atomic E-state index is 12.0. The first-order valence-electron chi connectivity index (χ1n) is 7.40. The summed E-state index contributed by atoms with van der Waals surface area (Å²) in [5.41, 5.74) is 2.74. The van der Waals surface area contributed by atoms with E-state index in [1.165, 1.54) is 12.0 Å². The zero-order valence-corrected chi connectivity index (χ0v) is 12.4. The Morgan fingerprint density at radius 3 is 2.38 bits per heavy atom. The monoisotopic (exact) mass is 279 g/mol. The minimum atomic E-state index is -0.0776. The highest BCUT2D eigenvalue weighted by atomic mass is 16.1. The molecule has 0 aliphatic carbocycles. The van der Waals surface area contributed by atoms with Crippen molar-refractivity contribution in [1.82, 2.24) is 0 Å². The zero-order chi connectivity index (χ0) is 14.9. The molecule has 0 fully saturated rings. The number of hydrogen-bond donors (Lipinski definition) is 1. The quantitative estimate of drug-likeness (QED) is 0.753. The summed E-state index contributed by atoms with van der Waals surface area (Å²) in [6.07, 6.45) is 7.66. The van der Waals surface area contributed by atoms with Crippen LogP contribution in [0.2, 0.25) is 0 Å². The molecule has 0 heterocycles. The fourth-order valence-electron chi connectivity index (χ4n) is 2.02. The second-order valence-corrected chi connectivity index (χ2v) is 4.98. The topological polar surface area (TPSA) is 29.1 Å². The van der Waals surface area contributed by atoms with Gasteiger partial charge in [0, 0.05) is 11.3 Å². The number of benzene rings is 2. The van der Waals surface area contributed by atoms with E-state index in [0.717, 1.165) is 18.5 Å². The maximum absolute atomic E-state index is 12.0. The number of carbonyl (C=O) groups is 1. The van der Waals surface area contributed by atoms with Crippen LogP contribution < -0.4 is 5.32 Å². The second-order valence-electron chi connectivity index (χ2n) is 4.98. The van der Waals surface area contributed by atoms with Gasteiger partial charge in [0.2, 0.25) is 0 Å². The zero-order valence-electron chi connectivity index (χ0n) is 12.4. The number of anilines is 1. The minimum absolute atomic E-state index is 0.0776. The summed E-state index contributed by atoms with van der Waals surface area (Å²) < 4.78 is 0. The van der Waals surface area contributed by atoms with E-state index in [0.29, 0.717) is 5.56 Å². The van der Waals surface area contributed by atoms with Gasteiger partial charge in [0.15, 0.2) is 0 Å². The maximum Gasteiger partial charge on any atom is 0.255 e. The van der Waals surface area contributed by atoms with Gasteiger partial charge in [-0.25, -0.2) is 0 Å². The van der Waals surface area contributed by atoms with Crippen LogP contribution in [0.15, 0.2) is 66.7 Å². The summed E-state index contributed by atoms with van der Waals surface area (Å²) >= 11 is 0. The molecule has 1 amide bonds. The van der Waals surface area contributed by atoms with E-state index >= 15 is 0 Å². The molecule has 21 heavy (non-hydrogen) atoms. The molecule has 2 aromatic carbocycles. The highest BCUT2D eigenvalue weighted by molar-refractivity contribution is 6.04. The van der Waals surface area contributed by atoms with Crippen LogP contribution in [0.25, 0.3) is 0 Å². The van der Waals surface area contributed by atoms with Gasteiger partial charge >= 0.3 is 0 Å². The largest absolute Gasteiger partial charge is 0.322 e. The van der Waals surface area contributed by atoms with E-state index in [1.807, 2.05) is 42.5 Å². The highest BCUT2D eigenvalue weighted by Gasteiger charge is 2.04. The van der Waals surface area contributed by atoms with Crippen molar-refractivity contribution in [2.45, 2.75) is 26.2 Å². The molecule has 2 aromatic rings. The molecule has 0 spiro atoms. The van der Waals surface area contributed by atoms with Crippen molar-refractivity contribution >= 4 is 11.6 Å². The first-order chi connectivity index (χ1) is 10.3. The molecular weight excluding hydrogens is 258 g/mol. The Balaban J connectivity index is 1.92. The average Bonchev–Trinajstić information content (AvgIpc) is 2.54. The molecule has 108 valence electrons. The Kier molecular flexibility index (Phi) is 5.77. The lowest BCUT2D eigenvalue weighted by Gasteiger charge is -2.06. The fourth-order valence-corrected chi connectivity index (χ4v) is 2.02. The number of allylic oxidation sites excluding steroid dienone is 2. The molecule has 0 unspecified atom stereocenters. The molecule has 0 aliphatic rings. The molecule has 0 saturated heterocycles. The molecule has 0 aliphatic heterocycles. The van der Waals surface area contributed by atoms with Crippen LogP contribution in [0, 0.1) is 0 Å². The molecule has 0 aromatic heterocycles. The molecule has 0 radical (unpaired) electrons. The third kappa shape index (κ3) is 4.92. The van der Waals surface area contributed by atoms with Crippen LogP contribution in [-0.4, -0.2) is 5.91 Å². The van der Waals surface area contributed by atoms with Gasteiger partial charge in [-0.1, -0.05) is 55.8 Å². The normalized spacial score (nSPS) is 10.7. The van der Waals surface area contributed by atoms with E-state index in [9.17, 15) is 4.79 Å². The Morgan fingerprint density at radius 1 is 1.00 bits per heavy atom. The molecule has 2 heteroatoms.